The van der Waals surface area contributed by atoms with Gasteiger partial charge in [-0.05, 0) is 23.3 Å². The van der Waals surface area contributed by atoms with Gasteiger partial charge < -0.3 is 14.6 Å². The molecule has 0 aliphatic carbocycles. The van der Waals surface area contributed by atoms with Gasteiger partial charge in [0.15, 0.2) is 0 Å². The maximum absolute atomic E-state index is 12.8. The second-order valence-electron chi connectivity index (χ2n) is 6.44. The zero-order valence-electron chi connectivity index (χ0n) is 15.7. The third kappa shape index (κ3) is 5.94. The highest BCUT2D eigenvalue weighted by Crippen LogP contribution is 2.27. The van der Waals surface area contributed by atoms with E-state index in [0.717, 1.165) is 16.2 Å². The van der Waals surface area contributed by atoms with Crippen LogP contribution in [0, 0.1) is 0 Å². The van der Waals surface area contributed by atoms with Gasteiger partial charge in [0.2, 0.25) is 11.8 Å². The first-order valence-electron chi connectivity index (χ1n) is 8.97. The van der Waals surface area contributed by atoms with E-state index in [4.69, 9.17) is 4.74 Å². The summed E-state index contributed by atoms with van der Waals surface area (Å²) in [5.41, 5.74) is -0.0229. The van der Waals surface area contributed by atoms with Crippen molar-refractivity contribution in [1.82, 2.24) is 14.9 Å². The molecule has 3 rings (SSSR count). The quantitative estimate of drug-likeness (QED) is 0.641. The standard InChI is InChI=1S/C21H18F3N3O3/c22-21(23,24)17-6-7-20(29)27(12-17)13-18(28)26-11-16-8-9-25-19(10-16)30-14-15-4-2-1-3-5-15/h1-10,12H,11,13-14H2,(H,26,28). The second kappa shape index (κ2) is 9.25. The van der Waals surface area contributed by atoms with Gasteiger partial charge >= 0.3 is 6.18 Å². The molecule has 0 radical (unpaired) electrons. The summed E-state index contributed by atoms with van der Waals surface area (Å²) >= 11 is 0. The first kappa shape index (κ1) is 21.1. The highest BCUT2D eigenvalue weighted by molar-refractivity contribution is 5.75. The number of amides is 1. The Balaban J connectivity index is 1.57. The lowest BCUT2D eigenvalue weighted by molar-refractivity contribution is -0.138. The predicted octanol–water partition coefficient (Wildman–Crippen LogP) is 3.16. The molecular weight excluding hydrogens is 399 g/mol. The van der Waals surface area contributed by atoms with E-state index in [1.54, 1.807) is 12.1 Å². The lowest BCUT2D eigenvalue weighted by Crippen LogP contribution is -2.32. The summed E-state index contributed by atoms with van der Waals surface area (Å²) in [6.45, 7) is -0.0793. The van der Waals surface area contributed by atoms with E-state index in [1.165, 1.54) is 6.20 Å². The van der Waals surface area contributed by atoms with Crippen LogP contribution < -0.4 is 15.6 Å². The molecule has 0 atom stereocenters. The van der Waals surface area contributed by atoms with Crippen molar-refractivity contribution in [2.75, 3.05) is 0 Å². The second-order valence-corrected chi connectivity index (χ2v) is 6.44. The van der Waals surface area contributed by atoms with Crippen LogP contribution in [0.25, 0.3) is 0 Å². The van der Waals surface area contributed by atoms with Crippen LogP contribution in [0.4, 0.5) is 13.2 Å². The van der Waals surface area contributed by atoms with Gasteiger partial charge in [-0.1, -0.05) is 30.3 Å². The molecule has 0 bridgehead atoms. The Labute approximate surface area is 170 Å². The summed E-state index contributed by atoms with van der Waals surface area (Å²) in [5, 5.41) is 2.57. The smallest absolute Gasteiger partial charge is 0.417 e. The number of aromatic nitrogens is 2. The molecule has 156 valence electrons. The molecule has 9 heteroatoms. The number of ether oxygens (including phenoxy) is 1. The Hall–Kier alpha value is -3.62. The molecule has 2 aromatic heterocycles. The molecule has 6 nitrogen and oxygen atoms in total. The minimum atomic E-state index is -4.60. The van der Waals surface area contributed by atoms with E-state index in [9.17, 15) is 22.8 Å². The first-order valence-corrected chi connectivity index (χ1v) is 8.97. The average molecular weight is 417 g/mol. The van der Waals surface area contributed by atoms with E-state index in [0.29, 0.717) is 30.3 Å². The van der Waals surface area contributed by atoms with Crippen LogP contribution in [0.1, 0.15) is 16.7 Å². The third-order valence-electron chi connectivity index (χ3n) is 4.14. The molecule has 0 fully saturated rings. The number of carbonyl (C=O) groups excluding carboxylic acids is 1. The van der Waals surface area contributed by atoms with Crippen molar-refractivity contribution in [3.8, 4) is 5.88 Å². The van der Waals surface area contributed by atoms with E-state index >= 15 is 0 Å². The SMILES string of the molecule is O=C(Cn1cc(C(F)(F)F)ccc1=O)NCc1ccnc(OCc2ccccc2)c1. The number of nitrogens with one attached hydrogen (secondary N) is 1. The Bertz CT molecular complexity index is 1070. The van der Waals surface area contributed by atoms with Crippen molar-refractivity contribution in [3.63, 3.8) is 0 Å². The molecule has 1 N–H and O–H groups in total. The van der Waals surface area contributed by atoms with E-state index in [-0.39, 0.29) is 6.54 Å². The number of rotatable bonds is 7. The molecule has 2 heterocycles. The molecule has 0 saturated heterocycles. The zero-order valence-corrected chi connectivity index (χ0v) is 15.7. The Morgan fingerprint density at radius 2 is 1.83 bits per heavy atom. The van der Waals surface area contributed by atoms with Gasteiger partial charge in [-0.3, -0.25) is 9.59 Å². The molecule has 0 spiro atoms. The molecule has 1 amide bonds. The van der Waals surface area contributed by atoms with Gasteiger partial charge in [0.05, 0.1) is 5.56 Å². The molecule has 0 unspecified atom stereocenters. The molecule has 3 aromatic rings. The minimum Gasteiger partial charge on any atom is -0.473 e. The van der Waals surface area contributed by atoms with Crippen molar-refractivity contribution in [1.29, 1.82) is 0 Å². The number of nitrogens with zero attached hydrogens (tertiary/aromatic N) is 2. The third-order valence-corrected chi connectivity index (χ3v) is 4.14. The van der Waals surface area contributed by atoms with E-state index in [2.05, 4.69) is 10.3 Å². The van der Waals surface area contributed by atoms with Crippen LogP contribution in [0.3, 0.4) is 0 Å². The van der Waals surface area contributed by atoms with Gasteiger partial charge in [0.25, 0.3) is 5.56 Å². The lowest BCUT2D eigenvalue weighted by Gasteiger charge is -2.11. The summed E-state index contributed by atoms with van der Waals surface area (Å²) in [6, 6.07) is 14.3. The summed E-state index contributed by atoms with van der Waals surface area (Å²) in [4.78, 5) is 27.9. The predicted molar refractivity (Wildman–Crippen MR) is 103 cm³/mol. The molecular formula is C21H18F3N3O3. The summed E-state index contributed by atoms with van der Waals surface area (Å²) < 4.78 is 44.7. The number of pyridine rings is 2. The van der Waals surface area contributed by atoms with Crippen molar-refractivity contribution < 1.29 is 22.7 Å². The number of carbonyl (C=O) groups is 1. The number of hydrogen-bond acceptors (Lipinski definition) is 4. The molecule has 30 heavy (non-hydrogen) atoms. The topological polar surface area (TPSA) is 73.2 Å². The van der Waals surface area contributed by atoms with Gasteiger partial charge in [0.1, 0.15) is 13.2 Å². The van der Waals surface area contributed by atoms with Gasteiger partial charge in [0, 0.05) is 31.1 Å². The van der Waals surface area contributed by atoms with Crippen LogP contribution in [-0.4, -0.2) is 15.5 Å². The van der Waals surface area contributed by atoms with Crippen molar-refractivity contribution in [2.24, 2.45) is 0 Å². The fourth-order valence-electron chi connectivity index (χ4n) is 2.60. The number of benzene rings is 1. The van der Waals surface area contributed by atoms with E-state index < -0.39 is 29.8 Å². The largest absolute Gasteiger partial charge is 0.473 e. The molecule has 0 aliphatic rings. The fourth-order valence-corrected chi connectivity index (χ4v) is 2.60. The maximum Gasteiger partial charge on any atom is 0.417 e. The zero-order chi connectivity index (χ0) is 21.6. The van der Waals surface area contributed by atoms with Crippen molar-refractivity contribution in [2.45, 2.75) is 25.9 Å². The van der Waals surface area contributed by atoms with E-state index in [1.807, 2.05) is 30.3 Å². The van der Waals surface area contributed by atoms with Crippen LogP contribution in [0.15, 0.2) is 71.8 Å². The fraction of sp³-hybridized carbons (Fsp3) is 0.190. The highest BCUT2D eigenvalue weighted by atomic mass is 19.4. The monoisotopic (exact) mass is 417 g/mol. The van der Waals surface area contributed by atoms with Crippen LogP contribution in [-0.2, 0) is 30.7 Å². The molecule has 0 aliphatic heterocycles. The van der Waals surface area contributed by atoms with Gasteiger partial charge in [-0.15, -0.1) is 0 Å². The highest BCUT2D eigenvalue weighted by Gasteiger charge is 2.31. The molecule has 1 aromatic carbocycles. The lowest BCUT2D eigenvalue weighted by atomic mass is 10.2. The molecule has 0 saturated carbocycles. The van der Waals surface area contributed by atoms with Crippen LogP contribution in [0.5, 0.6) is 5.88 Å². The van der Waals surface area contributed by atoms with Crippen LogP contribution >= 0.6 is 0 Å². The average Bonchev–Trinajstić information content (AvgIpc) is 2.73. The Morgan fingerprint density at radius 1 is 1.07 bits per heavy atom. The normalized spacial score (nSPS) is 11.2. The van der Waals surface area contributed by atoms with Crippen molar-refractivity contribution >= 4 is 5.91 Å². The van der Waals surface area contributed by atoms with Crippen molar-refractivity contribution in [3.05, 3.63) is 94.0 Å². The summed E-state index contributed by atoms with van der Waals surface area (Å²) in [5.74, 6) is -0.223. The minimum absolute atomic E-state index is 0.108. The van der Waals surface area contributed by atoms with Gasteiger partial charge in [-0.2, -0.15) is 13.2 Å². The number of halogens is 3. The van der Waals surface area contributed by atoms with Gasteiger partial charge in [-0.25, -0.2) is 4.98 Å². The first-order chi connectivity index (χ1) is 14.3. The summed E-state index contributed by atoms with van der Waals surface area (Å²) in [6.07, 6.45) is -2.44. The Morgan fingerprint density at radius 3 is 2.57 bits per heavy atom. The summed E-state index contributed by atoms with van der Waals surface area (Å²) in [7, 11) is 0. The maximum atomic E-state index is 12.8. The number of alkyl halides is 3. The van der Waals surface area contributed by atoms with Crippen LogP contribution in [0.2, 0.25) is 0 Å². The number of hydrogen-bond donors (Lipinski definition) is 1. The Kier molecular flexibility index (Phi) is 6.51.